The Kier molecular flexibility index (Phi) is 5.77. The van der Waals surface area contributed by atoms with E-state index in [9.17, 15) is 9.90 Å². The first-order valence-corrected chi connectivity index (χ1v) is 6.06. The molecule has 16 heavy (non-hydrogen) atoms. The number of hydrogen-bond donors (Lipinski definition) is 1. The van der Waals surface area contributed by atoms with Crippen LogP contribution < -0.4 is 0 Å². The van der Waals surface area contributed by atoms with E-state index in [2.05, 4.69) is 13.8 Å². The monoisotopic (exact) mass is 230 g/mol. The highest BCUT2D eigenvalue weighted by Gasteiger charge is 2.24. The quantitative estimate of drug-likeness (QED) is 0.703. The second-order valence-corrected chi connectivity index (χ2v) is 4.74. The molecular formula is C12H22O4. The fraction of sp³-hybridized carbons (Fsp3) is 0.917. The van der Waals surface area contributed by atoms with Gasteiger partial charge in [0.25, 0.3) is 0 Å². The summed E-state index contributed by atoms with van der Waals surface area (Å²) in [5.41, 5.74) is 0. The Morgan fingerprint density at radius 1 is 1.56 bits per heavy atom. The minimum absolute atomic E-state index is 0.0210. The van der Waals surface area contributed by atoms with Crippen molar-refractivity contribution in [3.05, 3.63) is 0 Å². The van der Waals surface area contributed by atoms with Crippen LogP contribution in [0.15, 0.2) is 0 Å². The lowest BCUT2D eigenvalue weighted by atomic mass is 10.1. The second kappa shape index (κ2) is 6.86. The van der Waals surface area contributed by atoms with Crippen molar-refractivity contribution >= 4 is 5.97 Å². The second-order valence-electron chi connectivity index (χ2n) is 4.74. The molecule has 0 aromatic rings. The first-order valence-electron chi connectivity index (χ1n) is 6.06. The maximum absolute atomic E-state index is 11.4. The number of aliphatic hydroxyl groups is 1. The van der Waals surface area contributed by atoms with Gasteiger partial charge in [-0.3, -0.25) is 0 Å². The Labute approximate surface area is 96.9 Å². The van der Waals surface area contributed by atoms with Crippen LogP contribution in [0.1, 0.15) is 39.5 Å². The fourth-order valence-electron chi connectivity index (χ4n) is 1.67. The van der Waals surface area contributed by atoms with Gasteiger partial charge in [-0.15, -0.1) is 0 Å². The Bertz CT molecular complexity index is 209. The van der Waals surface area contributed by atoms with Crippen LogP contribution in [0.4, 0.5) is 0 Å². The molecule has 1 rings (SSSR count). The molecule has 1 saturated heterocycles. The third-order valence-electron chi connectivity index (χ3n) is 2.72. The molecule has 0 radical (unpaired) electrons. The van der Waals surface area contributed by atoms with Crippen molar-refractivity contribution in [3.8, 4) is 0 Å². The Hall–Kier alpha value is -0.610. The lowest BCUT2D eigenvalue weighted by Gasteiger charge is -2.14. The van der Waals surface area contributed by atoms with Crippen LogP contribution >= 0.6 is 0 Å². The number of hydrogen-bond acceptors (Lipinski definition) is 4. The summed E-state index contributed by atoms with van der Waals surface area (Å²) in [6.45, 7) is 5.26. The molecule has 1 fully saturated rings. The number of esters is 1. The highest BCUT2D eigenvalue weighted by atomic mass is 16.5. The van der Waals surface area contributed by atoms with Crippen LogP contribution in [-0.2, 0) is 14.3 Å². The van der Waals surface area contributed by atoms with Crippen molar-refractivity contribution in [1.29, 1.82) is 0 Å². The molecule has 1 N–H and O–H groups in total. The Morgan fingerprint density at radius 2 is 2.31 bits per heavy atom. The van der Waals surface area contributed by atoms with E-state index in [1.807, 2.05) is 0 Å². The molecule has 4 nitrogen and oxygen atoms in total. The number of ether oxygens (including phenoxy) is 2. The molecule has 0 saturated carbocycles. The molecule has 0 bridgehead atoms. The number of rotatable bonds is 6. The van der Waals surface area contributed by atoms with E-state index in [1.165, 1.54) is 0 Å². The number of carbonyl (C=O) groups excluding carboxylic acids is 1. The molecule has 1 aliphatic rings. The van der Waals surface area contributed by atoms with Gasteiger partial charge in [-0.2, -0.15) is 0 Å². The van der Waals surface area contributed by atoms with Crippen molar-refractivity contribution in [2.24, 2.45) is 5.92 Å². The SMILES string of the molecule is CC(C)CCOC(=O)C(O)CC1CCCO1. The van der Waals surface area contributed by atoms with E-state index in [0.29, 0.717) is 18.9 Å². The van der Waals surface area contributed by atoms with Crippen LogP contribution in [0.3, 0.4) is 0 Å². The van der Waals surface area contributed by atoms with Crippen LogP contribution in [0.5, 0.6) is 0 Å². The zero-order chi connectivity index (χ0) is 12.0. The predicted octanol–water partition coefficient (Wildman–Crippen LogP) is 1.51. The van der Waals surface area contributed by atoms with Crippen molar-refractivity contribution in [2.45, 2.75) is 51.7 Å². The largest absolute Gasteiger partial charge is 0.464 e. The average molecular weight is 230 g/mol. The van der Waals surface area contributed by atoms with Gasteiger partial charge < -0.3 is 14.6 Å². The minimum atomic E-state index is -1.03. The summed E-state index contributed by atoms with van der Waals surface area (Å²) in [6.07, 6.45) is 2.12. The van der Waals surface area contributed by atoms with E-state index in [0.717, 1.165) is 25.9 Å². The van der Waals surface area contributed by atoms with Gasteiger partial charge in [-0.05, 0) is 25.2 Å². The van der Waals surface area contributed by atoms with Gasteiger partial charge in [-0.25, -0.2) is 4.79 Å². The van der Waals surface area contributed by atoms with Gasteiger partial charge in [0.1, 0.15) is 0 Å². The van der Waals surface area contributed by atoms with E-state index >= 15 is 0 Å². The maximum Gasteiger partial charge on any atom is 0.335 e. The molecule has 0 spiro atoms. The maximum atomic E-state index is 11.4. The Balaban J connectivity index is 2.14. The van der Waals surface area contributed by atoms with Gasteiger partial charge in [0.15, 0.2) is 6.10 Å². The highest BCUT2D eigenvalue weighted by molar-refractivity contribution is 5.74. The first kappa shape index (κ1) is 13.5. The molecule has 2 unspecified atom stereocenters. The van der Waals surface area contributed by atoms with Gasteiger partial charge in [0.05, 0.1) is 12.7 Å². The van der Waals surface area contributed by atoms with Crippen LogP contribution in [0.2, 0.25) is 0 Å². The summed E-state index contributed by atoms with van der Waals surface area (Å²) in [7, 11) is 0. The molecule has 1 heterocycles. The Morgan fingerprint density at radius 3 is 2.88 bits per heavy atom. The summed E-state index contributed by atoms with van der Waals surface area (Å²) in [5, 5.41) is 9.59. The van der Waals surface area contributed by atoms with Gasteiger partial charge in [-0.1, -0.05) is 13.8 Å². The molecule has 4 heteroatoms. The lowest BCUT2D eigenvalue weighted by molar-refractivity contribution is -0.155. The van der Waals surface area contributed by atoms with E-state index in [-0.39, 0.29) is 6.10 Å². The normalized spacial score (nSPS) is 22.4. The highest BCUT2D eigenvalue weighted by Crippen LogP contribution is 2.17. The van der Waals surface area contributed by atoms with Gasteiger partial charge in [0, 0.05) is 13.0 Å². The van der Waals surface area contributed by atoms with Gasteiger partial charge >= 0.3 is 5.97 Å². The predicted molar refractivity (Wildman–Crippen MR) is 60.0 cm³/mol. The third-order valence-corrected chi connectivity index (χ3v) is 2.72. The van der Waals surface area contributed by atoms with Crippen molar-refractivity contribution in [3.63, 3.8) is 0 Å². The van der Waals surface area contributed by atoms with Crippen LogP contribution in [-0.4, -0.2) is 36.5 Å². The zero-order valence-electron chi connectivity index (χ0n) is 10.1. The molecular weight excluding hydrogens is 208 g/mol. The number of aliphatic hydroxyl groups excluding tert-OH is 1. The lowest BCUT2D eigenvalue weighted by Crippen LogP contribution is -2.28. The summed E-state index contributed by atoms with van der Waals surface area (Å²) < 4.78 is 10.3. The summed E-state index contributed by atoms with van der Waals surface area (Å²) in [5.74, 6) is -0.0146. The summed E-state index contributed by atoms with van der Waals surface area (Å²) in [4.78, 5) is 11.4. The van der Waals surface area contributed by atoms with Crippen LogP contribution in [0.25, 0.3) is 0 Å². The van der Waals surface area contributed by atoms with Crippen molar-refractivity contribution in [2.75, 3.05) is 13.2 Å². The van der Waals surface area contributed by atoms with Crippen molar-refractivity contribution in [1.82, 2.24) is 0 Å². The van der Waals surface area contributed by atoms with E-state index in [1.54, 1.807) is 0 Å². The smallest absolute Gasteiger partial charge is 0.335 e. The first-order chi connectivity index (χ1) is 7.59. The topological polar surface area (TPSA) is 55.8 Å². The molecule has 1 aliphatic heterocycles. The molecule has 0 aromatic heterocycles. The van der Waals surface area contributed by atoms with Crippen molar-refractivity contribution < 1.29 is 19.4 Å². The van der Waals surface area contributed by atoms with Gasteiger partial charge in [0.2, 0.25) is 0 Å². The summed E-state index contributed by atoms with van der Waals surface area (Å²) in [6, 6.07) is 0. The van der Waals surface area contributed by atoms with E-state index < -0.39 is 12.1 Å². The molecule has 0 aliphatic carbocycles. The van der Waals surface area contributed by atoms with Crippen LogP contribution in [0, 0.1) is 5.92 Å². The molecule has 2 atom stereocenters. The average Bonchev–Trinajstić information content (AvgIpc) is 2.69. The zero-order valence-corrected chi connectivity index (χ0v) is 10.1. The molecule has 0 amide bonds. The standard InChI is InChI=1S/C12H22O4/c1-9(2)5-7-16-12(14)11(13)8-10-4-3-6-15-10/h9-11,13H,3-8H2,1-2H3. The summed E-state index contributed by atoms with van der Waals surface area (Å²) >= 11 is 0. The molecule has 94 valence electrons. The third kappa shape index (κ3) is 4.94. The minimum Gasteiger partial charge on any atom is -0.464 e. The molecule has 0 aromatic carbocycles. The fourth-order valence-corrected chi connectivity index (χ4v) is 1.67. The van der Waals surface area contributed by atoms with E-state index in [4.69, 9.17) is 9.47 Å². The number of carbonyl (C=O) groups is 1.